The normalized spacial score (nSPS) is 11.1. The van der Waals surface area contributed by atoms with Gasteiger partial charge in [-0.05, 0) is 6.92 Å². The van der Waals surface area contributed by atoms with Crippen LogP contribution >= 0.6 is 0 Å². The third-order valence-corrected chi connectivity index (χ3v) is 1.71. The number of nitrogens with zero attached hydrogens (tertiary/aromatic N) is 2. The van der Waals surface area contributed by atoms with Gasteiger partial charge in [-0.2, -0.15) is 13.2 Å². The van der Waals surface area contributed by atoms with Crippen molar-refractivity contribution in [2.24, 2.45) is 0 Å². The number of hydrogen-bond acceptors (Lipinski definition) is 3. The zero-order valence-electron chi connectivity index (χ0n) is 9.01. The maximum Gasteiger partial charge on any atom is 0.405 e. The van der Waals surface area contributed by atoms with Crippen molar-refractivity contribution >= 4 is 6.03 Å². The summed E-state index contributed by atoms with van der Waals surface area (Å²) in [5, 5.41) is 3.92. The number of alkyl halides is 3. The summed E-state index contributed by atoms with van der Waals surface area (Å²) >= 11 is 0. The Bertz CT molecular complexity index is 377. The Kier molecular flexibility index (Phi) is 4.24. The fourth-order valence-corrected chi connectivity index (χ4v) is 0.924. The number of nitrogens with one attached hydrogen (secondary N) is 2. The Morgan fingerprint density at radius 2 is 2.00 bits per heavy atom. The summed E-state index contributed by atoms with van der Waals surface area (Å²) in [6.45, 7) is 0.412. The molecule has 0 fully saturated rings. The summed E-state index contributed by atoms with van der Waals surface area (Å²) in [5.74, 6) is 0. The third kappa shape index (κ3) is 5.69. The number of carbonyl (C=O) groups excluding carboxylic acids is 1. The first kappa shape index (κ1) is 13.2. The van der Waals surface area contributed by atoms with Gasteiger partial charge in [-0.3, -0.25) is 9.97 Å². The van der Waals surface area contributed by atoms with E-state index in [0.29, 0.717) is 5.69 Å². The van der Waals surface area contributed by atoms with E-state index in [9.17, 15) is 18.0 Å². The first-order valence-electron chi connectivity index (χ1n) is 4.73. The summed E-state index contributed by atoms with van der Waals surface area (Å²) in [4.78, 5) is 18.8. The van der Waals surface area contributed by atoms with E-state index >= 15 is 0 Å². The molecule has 0 aromatic carbocycles. The van der Waals surface area contributed by atoms with Crippen molar-refractivity contribution in [3.63, 3.8) is 0 Å². The monoisotopic (exact) mass is 248 g/mol. The molecule has 0 saturated carbocycles. The molecule has 1 aromatic heterocycles. The lowest BCUT2D eigenvalue weighted by Gasteiger charge is -2.09. The first-order chi connectivity index (χ1) is 7.87. The van der Waals surface area contributed by atoms with E-state index in [2.05, 4.69) is 15.3 Å². The summed E-state index contributed by atoms with van der Waals surface area (Å²) in [6.07, 6.45) is -1.47. The SMILES string of the molecule is Cc1cnc(CNC(=O)NCC(F)(F)F)cn1. The summed E-state index contributed by atoms with van der Waals surface area (Å²) < 4.78 is 35.3. The molecule has 0 saturated heterocycles. The Hall–Kier alpha value is -1.86. The summed E-state index contributed by atoms with van der Waals surface area (Å²) in [5.41, 5.74) is 1.19. The number of rotatable bonds is 3. The topological polar surface area (TPSA) is 66.9 Å². The highest BCUT2D eigenvalue weighted by atomic mass is 19.4. The van der Waals surface area contributed by atoms with Crippen molar-refractivity contribution in [2.45, 2.75) is 19.6 Å². The lowest BCUT2D eigenvalue weighted by atomic mass is 10.4. The maximum absolute atomic E-state index is 11.8. The number of carbonyl (C=O) groups is 1. The lowest BCUT2D eigenvalue weighted by molar-refractivity contribution is -0.122. The van der Waals surface area contributed by atoms with E-state index in [1.54, 1.807) is 12.2 Å². The molecule has 2 amide bonds. The van der Waals surface area contributed by atoms with E-state index < -0.39 is 18.8 Å². The number of urea groups is 1. The Labute approximate surface area is 95.5 Å². The van der Waals surface area contributed by atoms with Crippen LogP contribution in [0, 0.1) is 6.92 Å². The van der Waals surface area contributed by atoms with Crippen molar-refractivity contribution in [3.05, 3.63) is 23.8 Å². The van der Waals surface area contributed by atoms with Crippen molar-refractivity contribution in [2.75, 3.05) is 6.54 Å². The van der Waals surface area contributed by atoms with Crippen molar-refractivity contribution in [3.8, 4) is 0 Å². The minimum Gasteiger partial charge on any atom is -0.332 e. The standard InChI is InChI=1S/C9H11F3N4O/c1-6-2-14-7(3-13-6)4-15-8(17)16-5-9(10,11)12/h2-3H,4-5H2,1H3,(H2,15,16,17). The first-order valence-corrected chi connectivity index (χ1v) is 4.73. The molecule has 0 aliphatic rings. The van der Waals surface area contributed by atoms with Gasteiger partial charge in [-0.15, -0.1) is 0 Å². The number of amides is 2. The molecule has 94 valence electrons. The molecule has 2 N–H and O–H groups in total. The Morgan fingerprint density at radius 3 is 2.53 bits per heavy atom. The number of halogens is 3. The van der Waals surface area contributed by atoms with Crippen molar-refractivity contribution in [1.29, 1.82) is 0 Å². The van der Waals surface area contributed by atoms with E-state index in [4.69, 9.17) is 0 Å². The molecule has 1 heterocycles. The summed E-state index contributed by atoms with van der Waals surface area (Å²) in [7, 11) is 0. The predicted molar refractivity (Wildman–Crippen MR) is 53.1 cm³/mol. The minimum absolute atomic E-state index is 0.0248. The van der Waals surface area contributed by atoms with Crippen LogP contribution in [-0.4, -0.2) is 28.7 Å². The Balaban J connectivity index is 2.31. The molecule has 0 aliphatic carbocycles. The van der Waals surface area contributed by atoms with Crippen LogP contribution in [0.15, 0.2) is 12.4 Å². The average molecular weight is 248 g/mol. The van der Waals surface area contributed by atoms with Gasteiger partial charge >= 0.3 is 12.2 Å². The lowest BCUT2D eigenvalue weighted by Crippen LogP contribution is -2.40. The van der Waals surface area contributed by atoms with Gasteiger partial charge in [0.1, 0.15) is 6.54 Å². The molecule has 0 bridgehead atoms. The second kappa shape index (κ2) is 5.46. The molecule has 0 radical (unpaired) electrons. The average Bonchev–Trinajstić information content (AvgIpc) is 2.25. The second-order valence-electron chi connectivity index (χ2n) is 3.30. The van der Waals surface area contributed by atoms with Gasteiger partial charge < -0.3 is 10.6 Å². The van der Waals surface area contributed by atoms with Crippen LogP contribution in [0.2, 0.25) is 0 Å². The van der Waals surface area contributed by atoms with Crippen molar-refractivity contribution in [1.82, 2.24) is 20.6 Å². The van der Waals surface area contributed by atoms with E-state index in [-0.39, 0.29) is 6.54 Å². The third-order valence-electron chi connectivity index (χ3n) is 1.71. The van der Waals surface area contributed by atoms with E-state index in [0.717, 1.165) is 5.69 Å². The van der Waals surface area contributed by atoms with E-state index in [1.807, 2.05) is 0 Å². The van der Waals surface area contributed by atoms with E-state index in [1.165, 1.54) is 12.4 Å². The van der Waals surface area contributed by atoms with Crippen LogP contribution < -0.4 is 10.6 Å². The smallest absolute Gasteiger partial charge is 0.332 e. The summed E-state index contributed by atoms with van der Waals surface area (Å²) in [6, 6.07) is -0.898. The minimum atomic E-state index is -4.42. The van der Waals surface area contributed by atoms with Gasteiger partial charge in [0.2, 0.25) is 0 Å². The van der Waals surface area contributed by atoms with Crippen LogP contribution in [0.25, 0.3) is 0 Å². The van der Waals surface area contributed by atoms with Crippen molar-refractivity contribution < 1.29 is 18.0 Å². The molecule has 5 nitrogen and oxygen atoms in total. The molecular weight excluding hydrogens is 237 g/mol. The zero-order valence-corrected chi connectivity index (χ0v) is 9.01. The van der Waals surface area contributed by atoms with Crippen LogP contribution in [0.4, 0.5) is 18.0 Å². The van der Waals surface area contributed by atoms with Crippen LogP contribution in [0.3, 0.4) is 0 Å². The predicted octanol–water partition coefficient (Wildman–Crippen LogP) is 1.15. The van der Waals surface area contributed by atoms with Gasteiger partial charge in [0.25, 0.3) is 0 Å². The van der Waals surface area contributed by atoms with Crippen LogP contribution in [0.5, 0.6) is 0 Å². The molecule has 17 heavy (non-hydrogen) atoms. The van der Waals surface area contributed by atoms with Crippen LogP contribution in [0.1, 0.15) is 11.4 Å². The quantitative estimate of drug-likeness (QED) is 0.843. The fraction of sp³-hybridized carbons (Fsp3) is 0.444. The number of aryl methyl sites for hydroxylation is 1. The molecule has 0 aliphatic heterocycles. The van der Waals surface area contributed by atoms with Crippen LogP contribution in [-0.2, 0) is 6.54 Å². The highest BCUT2D eigenvalue weighted by Gasteiger charge is 2.27. The molecular formula is C9H11F3N4O. The fourth-order valence-electron chi connectivity index (χ4n) is 0.924. The number of aromatic nitrogens is 2. The van der Waals surface area contributed by atoms with Gasteiger partial charge in [-0.1, -0.05) is 0 Å². The number of hydrogen-bond donors (Lipinski definition) is 2. The molecule has 8 heteroatoms. The molecule has 1 rings (SSSR count). The highest BCUT2D eigenvalue weighted by Crippen LogP contribution is 2.11. The van der Waals surface area contributed by atoms with Gasteiger partial charge in [0.15, 0.2) is 0 Å². The maximum atomic E-state index is 11.8. The Morgan fingerprint density at radius 1 is 1.29 bits per heavy atom. The molecule has 1 aromatic rings. The highest BCUT2D eigenvalue weighted by molar-refractivity contribution is 5.73. The zero-order chi connectivity index (χ0) is 12.9. The largest absolute Gasteiger partial charge is 0.405 e. The second-order valence-corrected chi connectivity index (χ2v) is 3.30. The van der Waals surface area contributed by atoms with Gasteiger partial charge in [-0.25, -0.2) is 4.79 Å². The molecule has 0 spiro atoms. The van der Waals surface area contributed by atoms with Gasteiger partial charge in [0, 0.05) is 6.20 Å². The van der Waals surface area contributed by atoms with Gasteiger partial charge in [0.05, 0.1) is 24.1 Å². The molecule has 0 unspecified atom stereocenters. The molecule has 0 atom stereocenters.